The summed E-state index contributed by atoms with van der Waals surface area (Å²) in [5, 5.41) is 9.53. The smallest absolute Gasteiger partial charge is 0.125 e. The van der Waals surface area contributed by atoms with Crippen molar-refractivity contribution in [1.82, 2.24) is 0 Å². The third kappa shape index (κ3) is 12.5. The molecule has 0 aliphatic rings. The average molecular weight is 603 g/mol. The van der Waals surface area contributed by atoms with Gasteiger partial charge in [0.2, 0.25) is 0 Å². The van der Waals surface area contributed by atoms with Gasteiger partial charge in [-0.2, -0.15) is 0 Å². The molecule has 0 atom stereocenters. The van der Waals surface area contributed by atoms with Crippen LogP contribution in [0.1, 0.15) is 95.2 Å². The van der Waals surface area contributed by atoms with Crippen molar-refractivity contribution in [2.45, 2.75) is 98.3 Å². The van der Waals surface area contributed by atoms with Gasteiger partial charge in [-0.05, 0) is 51.3 Å². The number of aliphatic hydroxyl groups excluding tert-OH is 1. The predicted molar refractivity (Wildman–Crippen MR) is 183 cm³/mol. The molecule has 0 unspecified atom stereocenters. The Bertz CT molecular complexity index is 1230. The number of aliphatic hydroxyl groups is 1. The number of rotatable bonds is 8. The topological polar surface area (TPSA) is 38.7 Å². The van der Waals surface area contributed by atoms with E-state index in [0.29, 0.717) is 19.1 Å². The number of halogens is 1. The molecule has 0 aromatic heterocycles. The molecule has 4 heteroatoms. The summed E-state index contributed by atoms with van der Waals surface area (Å²) in [6.07, 6.45) is 1.25. The minimum absolute atomic E-state index is 0.00591. The first-order valence-corrected chi connectivity index (χ1v) is 15.7. The quantitative estimate of drug-likeness (QED) is 0.204. The van der Waals surface area contributed by atoms with E-state index in [1.165, 1.54) is 17.5 Å². The van der Waals surface area contributed by atoms with E-state index >= 15 is 0 Å². The van der Waals surface area contributed by atoms with Crippen molar-refractivity contribution >= 4 is 11.6 Å². The van der Waals surface area contributed by atoms with Gasteiger partial charge in [0, 0.05) is 11.1 Å². The molecule has 0 spiro atoms. The molecule has 4 rings (SSSR count). The zero-order chi connectivity index (χ0) is 31.9. The fourth-order valence-corrected chi connectivity index (χ4v) is 4.28. The lowest BCUT2D eigenvalue weighted by molar-refractivity contribution is 0.258. The minimum Gasteiger partial charge on any atom is -0.489 e. The zero-order valence-corrected chi connectivity index (χ0v) is 28.2. The number of hydrogen-bond acceptors (Lipinski definition) is 3. The molecular formula is C39H51ClO3. The largest absolute Gasteiger partial charge is 0.489 e. The second-order valence-corrected chi connectivity index (χ2v) is 13.0. The average Bonchev–Trinajstić information content (AvgIpc) is 2.99. The van der Waals surface area contributed by atoms with Gasteiger partial charge in [-0.3, -0.25) is 0 Å². The van der Waals surface area contributed by atoms with E-state index in [2.05, 4.69) is 85.7 Å². The molecule has 4 aromatic rings. The van der Waals surface area contributed by atoms with Gasteiger partial charge in [0.05, 0.1) is 12.5 Å². The van der Waals surface area contributed by atoms with E-state index in [-0.39, 0.29) is 17.4 Å². The van der Waals surface area contributed by atoms with Crippen LogP contribution in [-0.4, -0.2) is 5.11 Å². The minimum atomic E-state index is -0.00591. The van der Waals surface area contributed by atoms with E-state index in [4.69, 9.17) is 21.1 Å². The Kier molecular flexibility index (Phi) is 14.8. The monoisotopic (exact) mass is 602 g/mol. The SMILES string of the molecule is CC(C)(C)c1ccc(OCc2ccccc2)c(CCl)c1.CC(C)(C)c1ccc(OCc2ccccc2)c(CO)c1.CCC. The first-order valence-electron chi connectivity index (χ1n) is 15.2. The molecule has 0 radical (unpaired) electrons. The highest BCUT2D eigenvalue weighted by Crippen LogP contribution is 2.30. The lowest BCUT2D eigenvalue weighted by atomic mass is 9.86. The van der Waals surface area contributed by atoms with Crippen LogP contribution < -0.4 is 9.47 Å². The Hall–Kier alpha value is -3.27. The van der Waals surface area contributed by atoms with Gasteiger partial charge in [-0.25, -0.2) is 0 Å². The molecule has 0 amide bonds. The maximum Gasteiger partial charge on any atom is 0.125 e. The summed E-state index contributed by atoms with van der Waals surface area (Å²) >= 11 is 6.06. The Morgan fingerprint density at radius 1 is 0.581 bits per heavy atom. The van der Waals surface area contributed by atoms with Gasteiger partial charge >= 0.3 is 0 Å². The first kappa shape index (κ1) is 35.9. The third-order valence-electron chi connectivity index (χ3n) is 6.64. The Morgan fingerprint density at radius 2 is 0.953 bits per heavy atom. The van der Waals surface area contributed by atoms with Crippen molar-refractivity contribution in [3.8, 4) is 11.5 Å². The highest BCUT2D eigenvalue weighted by molar-refractivity contribution is 6.17. The van der Waals surface area contributed by atoms with Gasteiger partial charge in [0.1, 0.15) is 24.7 Å². The number of ether oxygens (including phenoxy) is 2. The molecule has 3 nitrogen and oxygen atoms in total. The molecule has 43 heavy (non-hydrogen) atoms. The lowest BCUT2D eigenvalue weighted by Crippen LogP contribution is -2.12. The summed E-state index contributed by atoms with van der Waals surface area (Å²) in [6, 6.07) is 32.5. The molecule has 0 heterocycles. The van der Waals surface area contributed by atoms with Gasteiger partial charge in [-0.1, -0.05) is 141 Å². The molecule has 232 valence electrons. The summed E-state index contributed by atoms with van der Waals surface area (Å²) in [7, 11) is 0. The van der Waals surface area contributed by atoms with Crippen LogP contribution in [0.25, 0.3) is 0 Å². The fourth-order valence-electron chi connectivity index (χ4n) is 4.07. The molecule has 0 aliphatic heterocycles. The van der Waals surface area contributed by atoms with Crippen LogP contribution in [0.3, 0.4) is 0 Å². The van der Waals surface area contributed by atoms with Crippen LogP contribution in [0, 0.1) is 0 Å². The third-order valence-corrected chi connectivity index (χ3v) is 6.93. The maximum absolute atomic E-state index is 9.53. The summed E-state index contributed by atoms with van der Waals surface area (Å²) in [5.41, 5.74) is 6.85. The Morgan fingerprint density at radius 3 is 1.30 bits per heavy atom. The van der Waals surface area contributed by atoms with Gasteiger partial charge in [-0.15, -0.1) is 11.6 Å². The van der Waals surface area contributed by atoms with Gasteiger partial charge in [0.15, 0.2) is 0 Å². The highest BCUT2D eigenvalue weighted by atomic mass is 35.5. The van der Waals surface area contributed by atoms with Crippen molar-refractivity contribution in [2.24, 2.45) is 0 Å². The number of benzene rings is 4. The first-order chi connectivity index (χ1) is 20.4. The predicted octanol–water partition coefficient (Wildman–Crippen LogP) is 10.8. The van der Waals surface area contributed by atoms with Crippen LogP contribution in [0.2, 0.25) is 0 Å². The molecule has 4 aromatic carbocycles. The Balaban J connectivity index is 0.000000275. The van der Waals surface area contributed by atoms with Crippen LogP contribution in [0.15, 0.2) is 97.1 Å². The normalized spacial score (nSPS) is 11.0. The van der Waals surface area contributed by atoms with Crippen molar-refractivity contribution < 1.29 is 14.6 Å². The lowest BCUT2D eigenvalue weighted by Gasteiger charge is -2.21. The van der Waals surface area contributed by atoms with Gasteiger partial charge < -0.3 is 14.6 Å². The second kappa shape index (κ2) is 17.8. The van der Waals surface area contributed by atoms with E-state index in [0.717, 1.165) is 33.8 Å². The molecule has 1 N–H and O–H groups in total. The standard InChI is InChI=1S/C18H21ClO.C18H22O2.C3H8/c2*1-18(2,3)16-9-10-17(15(11-16)12-19)20-13-14-7-5-4-6-8-14;1-3-2/h4-11H,12-13H2,1-3H3;4-11,19H,12-13H2,1-3H3;3H2,1-2H3. The second-order valence-electron chi connectivity index (χ2n) is 12.7. The maximum atomic E-state index is 9.53. The fraction of sp³-hybridized carbons (Fsp3) is 0.385. The van der Waals surface area contributed by atoms with Crippen LogP contribution in [0.5, 0.6) is 11.5 Å². The van der Waals surface area contributed by atoms with Crippen LogP contribution in [-0.2, 0) is 36.5 Å². The summed E-state index contributed by atoms with van der Waals surface area (Å²) in [6.45, 7) is 18.4. The van der Waals surface area contributed by atoms with E-state index < -0.39 is 0 Å². The number of hydrogen-bond donors (Lipinski definition) is 1. The van der Waals surface area contributed by atoms with Crippen molar-refractivity contribution in [2.75, 3.05) is 0 Å². The summed E-state index contributed by atoms with van der Waals surface area (Å²) in [5.74, 6) is 2.09. The zero-order valence-electron chi connectivity index (χ0n) is 27.4. The highest BCUT2D eigenvalue weighted by Gasteiger charge is 2.17. The van der Waals surface area contributed by atoms with Crippen molar-refractivity contribution in [3.63, 3.8) is 0 Å². The number of alkyl halides is 1. The molecule has 0 bridgehead atoms. The van der Waals surface area contributed by atoms with Gasteiger partial charge in [0.25, 0.3) is 0 Å². The molecular weight excluding hydrogens is 552 g/mol. The van der Waals surface area contributed by atoms with E-state index in [9.17, 15) is 5.11 Å². The van der Waals surface area contributed by atoms with Crippen LogP contribution >= 0.6 is 11.6 Å². The molecule has 0 aliphatic carbocycles. The van der Waals surface area contributed by atoms with Crippen LogP contribution in [0.4, 0.5) is 0 Å². The van der Waals surface area contributed by atoms with E-state index in [1.807, 2.05) is 66.7 Å². The van der Waals surface area contributed by atoms with Crippen molar-refractivity contribution in [1.29, 1.82) is 0 Å². The Labute approximate surface area is 265 Å². The summed E-state index contributed by atoms with van der Waals surface area (Å²) in [4.78, 5) is 0. The molecule has 0 fully saturated rings. The molecule has 0 saturated carbocycles. The molecule has 0 saturated heterocycles. The van der Waals surface area contributed by atoms with E-state index in [1.54, 1.807) is 0 Å². The summed E-state index contributed by atoms with van der Waals surface area (Å²) < 4.78 is 11.7. The van der Waals surface area contributed by atoms with Crippen molar-refractivity contribution in [3.05, 3.63) is 130 Å².